The van der Waals surface area contributed by atoms with Crippen LogP contribution in [0.4, 0.5) is 15.8 Å². The monoisotopic (exact) mass is 444 g/mol. The van der Waals surface area contributed by atoms with Crippen LogP contribution >= 0.6 is 11.8 Å². The minimum atomic E-state index is -0.468. The minimum absolute atomic E-state index is 0.164. The fourth-order valence-corrected chi connectivity index (χ4v) is 4.07. The number of carbonyl (C=O) groups excluding carboxylic acids is 2. The Morgan fingerprint density at radius 2 is 1.50 bits per heavy atom. The lowest BCUT2D eigenvalue weighted by atomic mass is 10.1. The first kappa shape index (κ1) is 21.6. The molecule has 160 valence electrons. The summed E-state index contributed by atoms with van der Waals surface area (Å²) < 4.78 is 13.7. The van der Waals surface area contributed by atoms with E-state index in [1.165, 1.54) is 23.9 Å². The van der Waals surface area contributed by atoms with Crippen LogP contribution in [0.5, 0.6) is 0 Å². The van der Waals surface area contributed by atoms with Crippen LogP contribution in [0, 0.1) is 5.82 Å². The number of hydrogen-bond donors (Lipinski definition) is 2. The molecule has 4 nitrogen and oxygen atoms in total. The van der Waals surface area contributed by atoms with Crippen molar-refractivity contribution in [1.29, 1.82) is 0 Å². The third-order valence-electron chi connectivity index (χ3n) is 4.94. The third-order valence-corrected chi connectivity index (χ3v) is 6.05. The molecular weight excluding hydrogens is 423 g/mol. The molecule has 1 unspecified atom stereocenters. The summed E-state index contributed by atoms with van der Waals surface area (Å²) in [4.78, 5) is 25.9. The number of carbonyl (C=O) groups is 2. The molecule has 0 bridgehead atoms. The molecule has 0 saturated carbocycles. The topological polar surface area (TPSA) is 58.2 Å². The Morgan fingerprint density at radius 3 is 2.25 bits per heavy atom. The van der Waals surface area contributed by atoms with E-state index in [0.717, 1.165) is 15.7 Å². The van der Waals surface area contributed by atoms with Gasteiger partial charge in [0.25, 0.3) is 5.91 Å². The fraction of sp³-hybridized carbons (Fsp3) is 0.0769. The summed E-state index contributed by atoms with van der Waals surface area (Å²) in [7, 11) is 0. The first-order valence-electron chi connectivity index (χ1n) is 10.1. The molecule has 0 heterocycles. The zero-order valence-electron chi connectivity index (χ0n) is 17.3. The molecule has 1 atom stereocenters. The summed E-state index contributed by atoms with van der Waals surface area (Å²) in [5, 5.41) is 7.17. The van der Waals surface area contributed by atoms with E-state index in [4.69, 9.17) is 0 Å². The Bertz CT molecular complexity index is 1270. The Hall–Kier alpha value is -3.64. The molecule has 2 N–H and O–H groups in total. The maximum absolute atomic E-state index is 13.7. The van der Waals surface area contributed by atoms with Crippen molar-refractivity contribution in [1.82, 2.24) is 0 Å². The van der Waals surface area contributed by atoms with Gasteiger partial charge in [0, 0.05) is 16.1 Å². The quantitative estimate of drug-likeness (QED) is 0.341. The summed E-state index contributed by atoms with van der Waals surface area (Å²) in [5.41, 5.74) is 1.41. The van der Waals surface area contributed by atoms with E-state index >= 15 is 0 Å². The Kier molecular flexibility index (Phi) is 6.52. The molecule has 0 aliphatic carbocycles. The molecule has 0 radical (unpaired) electrons. The van der Waals surface area contributed by atoms with Crippen molar-refractivity contribution in [3.8, 4) is 0 Å². The van der Waals surface area contributed by atoms with E-state index < -0.39 is 11.1 Å². The van der Waals surface area contributed by atoms with Gasteiger partial charge in [-0.2, -0.15) is 0 Å². The van der Waals surface area contributed by atoms with Crippen LogP contribution in [0.15, 0.2) is 95.9 Å². The summed E-state index contributed by atoms with van der Waals surface area (Å²) in [6.07, 6.45) is 0. The zero-order chi connectivity index (χ0) is 22.5. The largest absolute Gasteiger partial charge is 0.323 e. The summed E-state index contributed by atoms with van der Waals surface area (Å²) in [6.45, 7) is 1.76. The lowest BCUT2D eigenvalue weighted by Gasteiger charge is -2.13. The normalized spacial score (nSPS) is 11.7. The Balaban J connectivity index is 1.36. The molecular formula is C26H21FN2O2S. The van der Waals surface area contributed by atoms with Crippen molar-refractivity contribution in [3.05, 3.63) is 102 Å². The second kappa shape index (κ2) is 9.66. The van der Waals surface area contributed by atoms with E-state index in [1.54, 1.807) is 37.3 Å². The highest BCUT2D eigenvalue weighted by molar-refractivity contribution is 8.00. The van der Waals surface area contributed by atoms with E-state index in [-0.39, 0.29) is 17.5 Å². The van der Waals surface area contributed by atoms with Gasteiger partial charge in [-0.15, -0.1) is 11.8 Å². The van der Waals surface area contributed by atoms with Gasteiger partial charge in [-0.25, -0.2) is 4.39 Å². The molecule has 4 rings (SSSR count). The number of rotatable bonds is 6. The van der Waals surface area contributed by atoms with Gasteiger partial charge in [-0.1, -0.05) is 42.5 Å². The highest BCUT2D eigenvalue weighted by atomic mass is 32.2. The first-order chi connectivity index (χ1) is 15.5. The lowest BCUT2D eigenvalue weighted by Crippen LogP contribution is -2.22. The number of thioether (sulfide) groups is 1. The number of hydrogen-bond acceptors (Lipinski definition) is 3. The molecule has 0 fully saturated rings. The second-order valence-electron chi connectivity index (χ2n) is 7.27. The molecule has 6 heteroatoms. The van der Waals surface area contributed by atoms with E-state index in [0.29, 0.717) is 11.3 Å². The number of nitrogens with one attached hydrogen (secondary N) is 2. The predicted octanol–water partition coefficient (Wildman–Crippen LogP) is 6.35. The molecule has 2 amide bonds. The van der Waals surface area contributed by atoms with Gasteiger partial charge >= 0.3 is 0 Å². The van der Waals surface area contributed by atoms with E-state index in [1.807, 2.05) is 48.5 Å². The van der Waals surface area contributed by atoms with Crippen molar-refractivity contribution < 1.29 is 14.0 Å². The summed E-state index contributed by atoms with van der Waals surface area (Å²) in [6, 6.07) is 26.8. The Morgan fingerprint density at radius 1 is 0.812 bits per heavy atom. The smallest absolute Gasteiger partial charge is 0.255 e. The van der Waals surface area contributed by atoms with E-state index in [2.05, 4.69) is 10.6 Å². The molecule has 0 aliphatic rings. The Labute approximate surface area is 189 Å². The average molecular weight is 445 g/mol. The first-order valence-corrected chi connectivity index (χ1v) is 11.0. The molecule has 32 heavy (non-hydrogen) atoms. The molecule has 0 aliphatic heterocycles. The van der Waals surface area contributed by atoms with Crippen LogP contribution in [-0.4, -0.2) is 17.1 Å². The maximum Gasteiger partial charge on any atom is 0.255 e. The van der Waals surface area contributed by atoms with Crippen LogP contribution in [0.25, 0.3) is 10.8 Å². The number of para-hydroxylation sites is 1. The summed E-state index contributed by atoms with van der Waals surface area (Å²) >= 11 is 1.35. The summed E-state index contributed by atoms with van der Waals surface area (Å²) in [5.74, 6) is -0.938. The highest BCUT2D eigenvalue weighted by Gasteiger charge is 2.16. The molecule has 0 saturated heterocycles. The standard InChI is InChI=1S/C26H21FN2O2S/c1-17(25(30)29-24-9-5-4-8-23(24)27)32-22-14-12-21(13-15-22)28-26(31)20-11-10-18-6-2-3-7-19(18)16-20/h2-17H,1H3,(H,28,31)(H,29,30). The number of benzene rings is 4. The van der Waals surface area contributed by atoms with Gasteiger partial charge in [-0.05, 0) is 66.2 Å². The van der Waals surface area contributed by atoms with Crippen molar-refractivity contribution in [2.75, 3.05) is 10.6 Å². The van der Waals surface area contributed by atoms with Gasteiger partial charge in [0.05, 0.1) is 10.9 Å². The molecule has 0 aromatic heterocycles. The second-order valence-corrected chi connectivity index (χ2v) is 8.68. The van der Waals surface area contributed by atoms with Crippen molar-refractivity contribution >= 4 is 45.7 Å². The van der Waals surface area contributed by atoms with Gasteiger partial charge in [0.2, 0.25) is 5.91 Å². The van der Waals surface area contributed by atoms with Crippen LogP contribution in [0.3, 0.4) is 0 Å². The van der Waals surface area contributed by atoms with Crippen LogP contribution < -0.4 is 10.6 Å². The van der Waals surface area contributed by atoms with Crippen molar-refractivity contribution in [2.45, 2.75) is 17.1 Å². The highest BCUT2D eigenvalue weighted by Crippen LogP contribution is 2.26. The number of amides is 2. The van der Waals surface area contributed by atoms with E-state index in [9.17, 15) is 14.0 Å². The van der Waals surface area contributed by atoms with Gasteiger partial charge in [-0.3, -0.25) is 9.59 Å². The van der Waals surface area contributed by atoms with Crippen LogP contribution in [0.2, 0.25) is 0 Å². The molecule has 0 spiro atoms. The number of fused-ring (bicyclic) bond motifs is 1. The minimum Gasteiger partial charge on any atom is -0.323 e. The maximum atomic E-state index is 13.7. The lowest BCUT2D eigenvalue weighted by molar-refractivity contribution is -0.115. The average Bonchev–Trinajstić information content (AvgIpc) is 2.81. The van der Waals surface area contributed by atoms with Crippen molar-refractivity contribution in [2.24, 2.45) is 0 Å². The van der Waals surface area contributed by atoms with Crippen LogP contribution in [-0.2, 0) is 4.79 Å². The van der Waals surface area contributed by atoms with Crippen LogP contribution in [0.1, 0.15) is 17.3 Å². The SMILES string of the molecule is CC(Sc1ccc(NC(=O)c2ccc3ccccc3c2)cc1)C(=O)Nc1ccccc1F. The van der Waals surface area contributed by atoms with Gasteiger partial charge in [0.1, 0.15) is 5.82 Å². The number of anilines is 2. The van der Waals surface area contributed by atoms with Gasteiger partial charge < -0.3 is 10.6 Å². The van der Waals surface area contributed by atoms with Crippen molar-refractivity contribution in [3.63, 3.8) is 0 Å². The number of halogens is 1. The zero-order valence-corrected chi connectivity index (χ0v) is 18.2. The predicted molar refractivity (Wildman–Crippen MR) is 129 cm³/mol. The third kappa shape index (κ3) is 5.15. The van der Waals surface area contributed by atoms with Gasteiger partial charge in [0.15, 0.2) is 0 Å². The molecule has 4 aromatic rings. The fourth-order valence-electron chi connectivity index (χ4n) is 3.21. The molecule has 4 aromatic carbocycles.